The summed E-state index contributed by atoms with van der Waals surface area (Å²) in [6.07, 6.45) is 14.7. The molecule has 0 aromatic rings. The number of hydrogen-bond donors (Lipinski definition) is 7. The van der Waals surface area contributed by atoms with Gasteiger partial charge in [-0.2, -0.15) is 0 Å². The number of carbonyl (C=O) groups excluding carboxylic acids is 2. The molecule has 2 fully saturated rings. The predicted octanol–water partition coefficient (Wildman–Crippen LogP) is 1.93. The molecule has 2 aliphatic rings. The average Bonchev–Trinajstić information content (AvgIpc) is 3.02. The molecule has 0 amide bonds. The van der Waals surface area contributed by atoms with Gasteiger partial charge in [0.2, 0.25) is 12.2 Å². The monoisotopic (exact) mass is 648 g/mol. The zero-order valence-corrected chi connectivity index (χ0v) is 26.2. The molecule has 15 nitrogen and oxygen atoms in total. The lowest BCUT2D eigenvalue weighted by Gasteiger charge is -2.31. The van der Waals surface area contributed by atoms with Crippen LogP contribution in [0.3, 0.4) is 0 Å². The van der Waals surface area contributed by atoms with Crippen molar-refractivity contribution in [3.63, 3.8) is 0 Å². The van der Waals surface area contributed by atoms with Crippen molar-refractivity contribution in [2.45, 2.75) is 102 Å². The van der Waals surface area contributed by atoms with E-state index in [1.54, 1.807) is 12.2 Å². The summed E-state index contributed by atoms with van der Waals surface area (Å²) < 4.78 is 4.63. The molecule has 7 N–H and O–H groups in total. The molecule has 0 aromatic heterocycles. The molecule has 0 atom stereocenters. The van der Waals surface area contributed by atoms with E-state index in [0.29, 0.717) is 26.1 Å². The molecule has 260 valence electrons. The summed E-state index contributed by atoms with van der Waals surface area (Å²) in [5.41, 5.74) is -1.39. The number of ether oxygens (including phenoxy) is 1. The molecule has 0 aromatic carbocycles. The van der Waals surface area contributed by atoms with E-state index >= 15 is 0 Å². The highest BCUT2D eigenvalue weighted by Gasteiger charge is 2.31. The minimum atomic E-state index is -1.39. The van der Waals surface area contributed by atoms with Crippen molar-refractivity contribution in [2.75, 3.05) is 39.6 Å². The third kappa shape index (κ3) is 24.9. The molecule has 0 heterocycles. The van der Waals surface area contributed by atoms with Gasteiger partial charge >= 0.3 is 17.9 Å². The quantitative estimate of drug-likeness (QED) is 0.0717. The number of aliphatic imine (C=N–C) groups is 2. The summed E-state index contributed by atoms with van der Waals surface area (Å²) in [6, 6.07) is 0.456. The van der Waals surface area contributed by atoms with Gasteiger partial charge < -0.3 is 40.5 Å². The van der Waals surface area contributed by atoms with E-state index in [-0.39, 0.29) is 38.1 Å². The summed E-state index contributed by atoms with van der Waals surface area (Å²) >= 11 is 0. The lowest BCUT2D eigenvalue weighted by Crippen LogP contribution is -2.35. The molecule has 0 spiro atoms. The molecule has 2 aliphatic carbocycles. The van der Waals surface area contributed by atoms with Crippen LogP contribution in [0.5, 0.6) is 0 Å². The number of nitrogens with zero attached hydrogens (tertiary/aromatic N) is 2. The Balaban J connectivity index is 0. The van der Waals surface area contributed by atoms with E-state index in [4.69, 9.17) is 35.7 Å². The Kier molecular flexibility index (Phi) is 27.9. The molecular formula is C30H52N2O13. The predicted molar refractivity (Wildman–Crippen MR) is 161 cm³/mol. The minimum absolute atomic E-state index is 0.0278. The van der Waals surface area contributed by atoms with Crippen LogP contribution in [0.1, 0.15) is 90.4 Å². The summed E-state index contributed by atoms with van der Waals surface area (Å²) in [7, 11) is 0. The summed E-state index contributed by atoms with van der Waals surface area (Å²) in [5.74, 6) is -1.33. The normalized spacial score (nSPS) is 20.6. The fraction of sp³-hybridized carbons (Fsp3) is 0.833. The van der Waals surface area contributed by atoms with Crippen LogP contribution < -0.4 is 0 Å². The highest BCUT2D eigenvalue weighted by molar-refractivity contribution is 5.74. The Labute approximate surface area is 264 Å². The first kappa shape index (κ1) is 44.1. The van der Waals surface area contributed by atoms with Gasteiger partial charge in [-0.1, -0.05) is 0 Å². The first-order valence-corrected chi connectivity index (χ1v) is 15.2. The minimum Gasteiger partial charge on any atom is -0.481 e. The van der Waals surface area contributed by atoms with Crippen molar-refractivity contribution in [2.24, 2.45) is 27.2 Å². The number of unbranched alkanes of at least 4 members (excludes halogenated alkanes) is 1. The van der Waals surface area contributed by atoms with Crippen LogP contribution in [0.2, 0.25) is 0 Å². The van der Waals surface area contributed by atoms with Gasteiger partial charge in [0.1, 0.15) is 5.41 Å². The summed E-state index contributed by atoms with van der Waals surface area (Å²) in [6.45, 7) is 0.883. The van der Waals surface area contributed by atoms with Crippen molar-refractivity contribution < 1.29 is 64.5 Å². The molecule has 0 radical (unpaired) electrons. The van der Waals surface area contributed by atoms with Gasteiger partial charge in [-0.25, -0.2) is 19.6 Å². The van der Waals surface area contributed by atoms with E-state index in [1.807, 2.05) is 0 Å². The smallest absolute Gasteiger partial charge is 0.314 e. The molecule has 2 rings (SSSR count). The van der Waals surface area contributed by atoms with E-state index in [2.05, 4.69) is 14.7 Å². The lowest BCUT2D eigenvalue weighted by molar-refractivity contribution is -0.153. The van der Waals surface area contributed by atoms with E-state index in [1.165, 1.54) is 39.0 Å². The summed E-state index contributed by atoms with van der Waals surface area (Å²) in [4.78, 5) is 58.1. The van der Waals surface area contributed by atoms with Gasteiger partial charge in [0.25, 0.3) is 0 Å². The molecule has 0 aliphatic heterocycles. The molecular weight excluding hydrogens is 596 g/mol. The number of hydrogen-bond acceptors (Lipinski definition) is 12. The average molecular weight is 649 g/mol. The number of rotatable bonds is 16. The van der Waals surface area contributed by atoms with E-state index in [9.17, 15) is 24.0 Å². The lowest BCUT2D eigenvalue weighted by atomic mass is 9.76. The Bertz CT molecular complexity index is 828. The van der Waals surface area contributed by atoms with Crippen molar-refractivity contribution >= 4 is 30.1 Å². The molecule has 0 bridgehead atoms. The summed E-state index contributed by atoms with van der Waals surface area (Å²) in [5, 5.41) is 57.6. The number of aliphatic hydroxyl groups excluding tert-OH is 4. The van der Waals surface area contributed by atoms with Crippen molar-refractivity contribution in [1.29, 1.82) is 0 Å². The van der Waals surface area contributed by atoms with Gasteiger partial charge in [0, 0.05) is 12.8 Å². The number of carbonyl (C=O) groups is 3. The standard InChI is InChI=1S/C15H22N2O2.C6H10O4.C5H10O4.C4H10O3/c18-10-16-14-5-1-12(2-6-14)9-13-3-7-15(8-4-13)17-11-19;7-5(8)3-1-2-4-6(9)10;1-5(2-6,3-7)4(8)9;5-1-3-7-4-2-6/h12-15H,1-9H2;1-4H2,(H,7,8)(H,9,10);6-7H,2-3H2,1H3,(H,8,9);5-6H,1-4H2. The third-order valence-electron chi connectivity index (χ3n) is 7.49. The van der Waals surface area contributed by atoms with Crippen LogP contribution in [-0.2, 0) is 28.7 Å². The first-order chi connectivity index (χ1) is 21.4. The fourth-order valence-corrected chi connectivity index (χ4v) is 4.61. The van der Waals surface area contributed by atoms with E-state index < -0.39 is 36.5 Å². The number of aliphatic carboxylic acids is 3. The van der Waals surface area contributed by atoms with Gasteiger partial charge in [0.15, 0.2) is 0 Å². The van der Waals surface area contributed by atoms with Crippen molar-refractivity contribution in [3.8, 4) is 0 Å². The van der Waals surface area contributed by atoms with Gasteiger partial charge in [0.05, 0.1) is 51.7 Å². The van der Waals surface area contributed by atoms with Crippen molar-refractivity contribution in [1.82, 2.24) is 0 Å². The maximum Gasteiger partial charge on any atom is 0.314 e. The van der Waals surface area contributed by atoms with Gasteiger partial charge in [-0.3, -0.25) is 14.4 Å². The maximum absolute atomic E-state index is 10.2. The first-order valence-electron chi connectivity index (χ1n) is 15.2. The second kappa shape index (κ2) is 28.4. The van der Waals surface area contributed by atoms with Crippen LogP contribution in [0, 0.1) is 17.3 Å². The zero-order valence-electron chi connectivity index (χ0n) is 26.2. The van der Waals surface area contributed by atoms with Crippen LogP contribution in [0.25, 0.3) is 0 Å². The van der Waals surface area contributed by atoms with Gasteiger partial charge in [-0.15, -0.1) is 0 Å². The Morgan fingerprint density at radius 2 is 1.04 bits per heavy atom. The molecule has 15 heteroatoms. The molecule has 45 heavy (non-hydrogen) atoms. The highest BCUT2D eigenvalue weighted by atomic mass is 16.5. The Morgan fingerprint density at radius 1 is 0.689 bits per heavy atom. The Morgan fingerprint density at radius 3 is 1.27 bits per heavy atom. The second-order valence-corrected chi connectivity index (χ2v) is 11.3. The number of isocyanates is 2. The number of carboxylic acid groups (broad SMARTS) is 3. The van der Waals surface area contributed by atoms with Crippen LogP contribution in [0.4, 0.5) is 0 Å². The molecule has 0 saturated heterocycles. The van der Waals surface area contributed by atoms with Crippen LogP contribution >= 0.6 is 0 Å². The highest BCUT2D eigenvalue weighted by Crippen LogP contribution is 2.36. The van der Waals surface area contributed by atoms with Crippen molar-refractivity contribution in [3.05, 3.63) is 0 Å². The third-order valence-corrected chi connectivity index (χ3v) is 7.49. The Hall–Kier alpha value is -3.03. The largest absolute Gasteiger partial charge is 0.481 e. The number of aliphatic hydroxyl groups is 4. The van der Waals surface area contributed by atoms with E-state index in [0.717, 1.165) is 37.5 Å². The van der Waals surface area contributed by atoms with Crippen LogP contribution in [-0.4, -0.2) is 118 Å². The topological polar surface area (TPSA) is 261 Å². The number of carboxylic acids is 3. The molecule has 2 saturated carbocycles. The van der Waals surface area contributed by atoms with Crippen LogP contribution in [0.15, 0.2) is 9.98 Å². The fourth-order valence-electron chi connectivity index (χ4n) is 4.61. The van der Waals surface area contributed by atoms with Gasteiger partial charge in [-0.05, 0) is 89.4 Å². The second-order valence-electron chi connectivity index (χ2n) is 11.3. The zero-order chi connectivity index (χ0) is 34.5. The SMILES string of the molecule is CC(CO)(CO)C(=O)O.O=C(O)CCCCC(=O)O.O=C=NC1CCC(CC2CCC(N=C=O)CC2)CC1.OCCOCCO. The maximum atomic E-state index is 10.2. The molecule has 0 unspecified atom stereocenters.